The lowest BCUT2D eigenvalue weighted by molar-refractivity contribution is -0.104. The lowest BCUT2D eigenvalue weighted by Gasteiger charge is -2.39. The number of ether oxygens (including phenoxy) is 1. The van der Waals surface area contributed by atoms with Gasteiger partial charge in [-0.25, -0.2) is 0 Å². The Balaban J connectivity index is 2.46. The number of aliphatic hydroxyl groups excluding tert-OH is 1. The molecule has 0 aliphatic carbocycles. The van der Waals surface area contributed by atoms with Crippen LogP contribution in [0.4, 0.5) is 0 Å². The molecule has 3 unspecified atom stereocenters. The lowest BCUT2D eigenvalue weighted by atomic mass is 10.1. The minimum atomic E-state index is 0.0118. The van der Waals surface area contributed by atoms with Crippen molar-refractivity contribution in [3.05, 3.63) is 0 Å². The van der Waals surface area contributed by atoms with E-state index in [4.69, 9.17) is 9.84 Å². The molecule has 0 aromatic rings. The van der Waals surface area contributed by atoms with Gasteiger partial charge in [-0.05, 0) is 20.3 Å². The normalized spacial score (nSPS) is 33.2. The molecule has 0 saturated carbocycles. The van der Waals surface area contributed by atoms with Crippen molar-refractivity contribution in [2.75, 3.05) is 19.7 Å². The van der Waals surface area contributed by atoms with Gasteiger partial charge in [0, 0.05) is 19.1 Å². The highest BCUT2D eigenvalue weighted by Gasteiger charge is 2.26. The number of morpholine rings is 1. The first-order chi connectivity index (χ1) is 6.17. The Labute approximate surface area is 80.7 Å². The van der Waals surface area contributed by atoms with Crippen LogP contribution in [-0.4, -0.2) is 48.0 Å². The molecule has 1 aliphatic rings. The first-order valence-corrected chi connectivity index (χ1v) is 5.17. The number of nitrogens with zero attached hydrogens (tertiary/aromatic N) is 1. The van der Waals surface area contributed by atoms with Gasteiger partial charge in [0.1, 0.15) is 0 Å². The SMILES string of the molecule is CCC(C)N1CC(C)OC(CO)C1. The highest BCUT2D eigenvalue weighted by molar-refractivity contribution is 4.78. The summed E-state index contributed by atoms with van der Waals surface area (Å²) in [5.41, 5.74) is 0. The summed E-state index contributed by atoms with van der Waals surface area (Å²) in [6.07, 6.45) is 1.42. The molecule has 0 radical (unpaired) electrons. The van der Waals surface area contributed by atoms with E-state index < -0.39 is 0 Å². The van der Waals surface area contributed by atoms with Gasteiger partial charge in [-0.3, -0.25) is 4.90 Å². The van der Waals surface area contributed by atoms with Crippen LogP contribution in [0.2, 0.25) is 0 Å². The fraction of sp³-hybridized carbons (Fsp3) is 1.00. The lowest BCUT2D eigenvalue weighted by Crippen LogP contribution is -2.51. The molecular weight excluding hydrogens is 166 g/mol. The Hall–Kier alpha value is -0.120. The van der Waals surface area contributed by atoms with Crippen molar-refractivity contribution in [2.45, 2.75) is 45.4 Å². The highest BCUT2D eigenvalue weighted by atomic mass is 16.5. The highest BCUT2D eigenvalue weighted by Crippen LogP contribution is 2.14. The third-order valence-corrected chi connectivity index (χ3v) is 2.77. The van der Waals surface area contributed by atoms with Crippen LogP contribution in [0.5, 0.6) is 0 Å². The molecule has 0 spiro atoms. The molecular formula is C10H21NO2. The van der Waals surface area contributed by atoms with Crippen LogP contribution in [-0.2, 0) is 4.74 Å². The largest absolute Gasteiger partial charge is 0.394 e. The maximum absolute atomic E-state index is 9.03. The number of rotatable bonds is 3. The molecule has 3 atom stereocenters. The third kappa shape index (κ3) is 2.93. The van der Waals surface area contributed by atoms with Crippen molar-refractivity contribution in [3.63, 3.8) is 0 Å². The predicted octanol–water partition coefficient (Wildman–Crippen LogP) is 0.866. The van der Waals surface area contributed by atoms with Crippen LogP contribution in [0.3, 0.4) is 0 Å². The third-order valence-electron chi connectivity index (χ3n) is 2.77. The Kier molecular flexibility index (Phi) is 4.16. The van der Waals surface area contributed by atoms with Crippen LogP contribution in [0.1, 0.15) is 27.2 Å². The molecule has 1 N–H and O–H groups in total. The van der Waals surface area contributed by atoms with Crippen LogP contribution < -0.4 is 0 Å². The Morgan fingerprint density at radius 2 is 2.23 bits per heavy atom. The molecule has 1 heterocycles. The van der Waals surface area contributed by atoms with Gasteiger partial charge in [-0.2, -0.15) is 0 Å². The van der Waals surface area contributed by atoms with Gasteiger partial charge in [0.25, 0.3) is 0 Å². The van der Waals surface area contributed by atoms with Crippen LogP contribution >= 0.6 is 0 Å². The fourth-order valence-corrected chi connectivity index (χ4v) is 1.80. The topological polar surface area (TPSA) is 32.7 Å². The molecule has 1 saturated heterocycles. The second-order valence-electron chi connectivity index (χ2n) is 3.96. The summed E-state index contributed by atoms with van der Waals surface area (Å²) in [5, 5.41) is 9.03. The smallest absolute Gasteiger partial charge is 0.0936 e. The maximum atomic E-state index is 9.03. The average Bonchev–Trinajstić information content (AvgIpc) is 2.15. The van der Waals surface area contributed by atoms with Crippen molar-refractivity contribution >= 4 is 0 Å². The molecule has 1 fully saturated rings. The zero-order valence-corrected chi connectivity index (χ0v) is 8.86. The fourth-order valence-electron chi connectivity index (χ4n) is 1.80. The minimum absolute atomic E-state index is 0.0118. The van der Waals surface area contributed by atoms with E-state index in [1.807, 2.05) is 0 Å². The summed E-state index contributed by atoms with van der Waals surface area (Å²) < 4.78 is 5.57. The van der Waals surface area contributed by atoms with Gasteiger partial charge in [0.2, 0.25) is 0 Å². The van der Waals surface area contributed by atoms with E-state index in [2.05, 4.69) is 25.7 Å². The van der Waals surface area contributed by atoms with Gasteiger partial charge in [-0.15, -0.1) is 0 Å². The first-order valence-electron chi connectivity index (χ1n) is 5.17. The van der Waals surface area contributed by atoms with Crippen molar-refractivity contribution in [3.8, 4) is 0 Å². The molecule has 0 aromatic carbocycles. The minimum Gasteiger partial charge on any atom is -0.394 e. The Morgan fingerprint density at radius 1 is 1.54 bits per heavy atom. The van der Waals surface area contributed by atoms with E-state index in [9.17, 15) is 0 Å². The molecule has 13 heavy (non-hydrogen) atoms. The quantitative estimate of drug-likeness (QED) is 0.711. The second kappa shape index (κ2) is 4.94. The van der Waals surface area contributed by atoms with Crippen LogP contribution in [0.15, 0.2) is 0 Å². The molecule has 78 valence electrons. The van der Waals surface area contributed by atoms with Gasteiger partial charge in [-0.1, -0.05) is 6.92 Å². The molecule has 0 amide bonds. The van der Waals surface area contributed by atoms with Gasteiger partial charge < -0.3 is 9.84 Å². The summed E-state index contributed by atoms with van der Waals surface area (Å²) in [6, 6.07) is 0.598. The molecule has 0 bridgehead atoms. The van der Waals surface area contributed by atoms with Gasteiger partial charge in [0.05, 0.1) is 18.8 Å². The standard InChI is InChI=1S/C10H21NO2/c1-4-8(2)11-5-9(3)13-10(6-11)7-12/h8-10,12H,4-7H2,1-3H3. The van der Waals surface area contributed by atoms with E-state index in [1.54, 1.807) is 0 Å². The summed E-state index contributed by atoms with van der Waals surface area (Å²) in [4.78, 5) is 2.40. The average molecular weight is 187 g/mol. The van der Waals surface area contributed by atoms with Crippen molar-refractivity contribution in [2.24, 2.45) is 0 Å². The van der Waals surface area contributed by atoms with E-state index in [0.29, 0.717) is 6.04 Å². The van der Waals surface area contributed by atoms with E-state index in [-0.39, 0.29) is 18.8 Å². The summed E-state index contributed by atoms with van der Waals surface area (Å²) in [6.45, 7) is 8.49. The Morgan fingerprint density at radius 3 is 2.77 bits per heavy atom. The number of hydrogen-bond donors (Lipinski definition) is 1. The Bertz CT molecular complexity index is 152. The summed E-state index contributed by atoms with van der Waals surface area (Å²) in [5.74, 6) is 0. The van der Waals surface area contributed by atoms with Crippen LogP contribution in [0, 0.1) is 0 Å². The first kappa shape index (κ1) is 11.0. The van der Waals surface area contributed by atoms with E-state index in [0.717, 1.165) is 19.5 Å². The van der Waals surface area contributed by atoms with E-state index in [1.165, 1.54) is 0 Å². The van der Waals surface area contributed by atoms with Crippen LogP contribution in [0.25, 0.3) is 0 Å². The number of hydrogen-bond acceptors (Lipinski definition) is 3. The summed E-state index contributed by atoms with van der Waals surface area (Å²) >= 11 is 0. The second-order valence-corrected chi connectivity index (χ2v) is 3.96. The molecule has 0 aromatic heterocycles. The molecule has 1 rings (SSSR count). The van der Waals surface area contributed by atoms with Gasteiger partial charge in [0.15, 0.2) is 0 Å². The molecule has 1 aliphatic heterocycles. The monoisotopic (exact) mass is 187 g/mol. The van der Waals surface area contributed by atoms with Crippen molar-refractivity contribution < 1.29 is 9.84 Å². The van der Waals surface area contributed by atoms with Crippen molar-refractivity contribution in [1.82, 2.24) is 4.90 Å². The predicted molar refractivity (Wildman–Crippen MR) is 52.7 cm³/mol. The van der Waals surface area contributed by atoms with E-state index >= 15 is 0 Å². The number of aliphatic hydroxyl groups is 1. The maximum Gasteiger partial charge on any atom is 0.0936 e. The van der Waals surface area contributed by atoms with Crippen molar-refractivity contribution in [1.29, 1.82) is 0 Å². The zero-order valence-electron chi connectivity index (χ0n) is 8.86. The summed E-state index contributed by atoms with van der Waals surface area (Å²) in [7, 11) is 0. The molecule has 3 heteroatoms. The van der Waals surface area contributed by atoms with Gasteiger partial charge >= 0.3 is 0 Å². The zero-order chi connectivity index (χ0) is 9.84. The molecule has 3 nitrogen and oxygen atoms in total.